The summed E-state index contributed by atoms with van der Waals surface area (Å²) in [6, 6.07) is 10.4. The van der Waals surface area contributed by atoms with Gasteiger partial charge in [0.1, 0.15) is 0 Å². The normalized spacial score (nSPS) is 12.8. The van der Waals surface area contributed by atoms with Crippen LogP contribution in [0.1, 0.15) is 20.8 Å². The van der Waals surface area contributed by atoms with Crippen LogP contribution in [0.3, 0.4) is 0 Å². The van der Waals surface area contributed by atoms with Gasteiger partial charge in [0.15, 0.2) is 0 Å². The summed E-state index contributed by atoms with van der Waals surface area (Å²) in [6.07, 6.45) is 0. The summed E-state index contributed by atoms with van der Waals surface area (Å²) in [4.78, 5) is 1.45. The first-order valence-corrected chi connectivity index (χ1v) is 7.63. The van der Waals surface area contributed by atoms with Gasteiger partial charge in [0.25, 0.3) is 0 Å². The van der Waals surface area contributed by atoms with E-state index in [0.717, 1.165) is 8.81 Å². The molecule has 2 rings (SSSR count). The topological polar surface area (TPSA) is 0 Å². The molecular formula is C12H9Br2ClS. The molecule has 0 aliphatic carbocycles. The Balaban J connectivity index is 2.33. The second-order valence-corrected chi connectivity index (χ2v) is 7.03. The zero-order valence-electron chi connectivity index (χ0n) is 8.51. The minimum atomic E-state index is 0.219. The van der Waals surface area contributed by atoms with E-state index < -0.39 is 0 Å². The van der Waals surface area contributed by atoms with Crippen LogP contribution < -0.4 is 0 Å². The number of hydrogen-bond acceptors (Lipinski definition) is 1. The van der Waals surface area contributed by atoms with Crippen LogP contribution in [0.5, 0.6) is 0 Å². The van der Waals surface area contributed by atoms with E-state index in [4.69, 9.17) is 11.6 Å². The summed E-state index contributed by atoms with van der Waals surface area (Å²) in [7, 11) is 0. The van der Waals surface area contributed by atoms with Gasteiger partial charge in [-0.25, -0.2) is 0 Å². The van der Waals surface area contributed by atoms with Crippen LogP contribution in [0, 0.1) is 6.92 Å². The van der Waals surface area contributed by atoms with E-state index in [1.807, 2.05) is 6.07 Å². The number of halogens is 3. The molecule has 0 amide bonds. The van der Waals surface area contributed by atoms with Gasteiger partial charge >= 0.3 is 0 Å². The van der Waals surface area contributed by atoms with E-state index in [2.05, 4.69) is 63.0 Å². The van der Waals surface area contributed by atoms with Gasteiger partial charge in [-0.15, -0.1) is 11.3 Å². The van der Waals surface area contributed by atoms with Crippen LogP contribution >= 0.6 is 54.8 Å². The molecule has 1 atom stereocenters. The number of aryl methyl sites for hydroxylation is 1. The Labute approximate surface area is 121 Å². The summed E-state index contributed by atoms with van der Waals surface area (Å²) in [5.74, 6) is 0. The molecule has 84 valence electrons. The third-order valence-corrected chi connectivity index (χ3v) is 5.83. The van der Waals surface area contributed by atoms with Gasteiger partial charge in [-0.05, 0) is 36.2 Å². The minimum Gasteiger partial charge on any atom is -0.127 e. The first-order valence-electron chi connectivity index (χ1n) is 4.73. The molecule has 0 saturated carbocycles. The van der Waals surface area contributed by atoms with Crippen molar-refractivity contribution in [2.24, 2.45) is 0 Å². The maximum absolute atomic E-state index is 5.94. The lowest BCUT2D eigenvalue weighted by Crippen LogP contribution is -1.90. The fraction of sp³-hybridized carbons (Fsp3) is 0.167. The van der Waals surface area contributed by atoms with Gasteiger partial charge in [-0.3, -0.25) is 0 Å². The Kier molecular flexibility index (Phi) is 4.11. The second kappa shape index (κ2) is 5.21. The number of thiophene rings is 1. The summed E-state index contributed by atoms with van der Waals surface area (Å²) in [6.45, 7) is 2.09. The van der Waals surface area contributed by atoms with E-state index in [9.17, 15) is 0 Å². The van der Waals surface area contributed by atoms with Crippen molar-refractivity contribution < 1.29 is 0 Å². The Morgan fingerprint density at radius 2 is 2.00 bits per heavy atom. The Bertz CT molecular complexity index is 507. The maximum Gasteiger partial charge on any atom is 0.0931 e. The molecular weight excluding hydrogens is 371 g/mol. The molecule has 0 N–H and O–H groups in total. The molecule has 0 fully saturated rings. The predicted octanol–water partition coefficient (Wildman–Crippen LogP) is 5.96. The summed E-state index contributed by atoms with van der Waals surface area (Å²) in [5.41, 5.74) is 2.49. The molecule has 1 heterocycles. The molecule has 1 unspecified atom stereocenters. The average molecular weight is 381 g/mol. The zero-order valence-corrected chi connectivity index (χ0v) is 13.3. The van der Waals surface area contributed by atoms with Crippen molar-refractivity contribution in [1.29, 1.82) is 0 Å². The highest BCUT2D eigenvalue weighted by atomic mass is 79.9. The van der Waals surface area contributed by atoms with Gasteiger partial charge in [0.05, 0.1) is 9.16 Å². The van der Waals surface area contributed by atoms with Gasteiger partial charge in [-0.2, -0.15) is 0 Å². The number of rotatable bonds is 2. The largest absolute Gasteiger partial charge is 0.127 e. The summed E-state index contributed by atoms with van der Waals surface area (Å²) in [5, 5.41) is 0. The lowest BCUT2D eigenvalue weighted by atomic mass is 10.1. The standard InChI is InChI=1S/C12H9Br2ClS/c1-7-6-8(2-3-9(7)13)12(14)10-4-5-11(15)16-10/h2-6,12H,1H3. The number of benzene rings is 1. The van der Waals surface area contributed by atoms with E-state index >= 15 is 0 Å². The maximum atomic E-state index is 5.94. The molecule has 0 bridgehead atoms. The highest BCUT2D eigenvalue weighted by Crippen LogP contribution is 2.37. The number of hydrogen-bond donors (Lipinski definition) is 0. The highest BCUT2D eigenvalue weighted by Gasteiger charge is 2.13. The SMILES string of the molecule is Cc1cc(C(Br)c2ccc(Cl)s2)ccc1Br. The summed E-state index contributed by atoms with van der Waals surface area (Å²) >= 11 is 14.8. The third-order valence-electron chi connectivity index (χ3n) is 2.32. The van der Waals surface area contributed by atoms with Crippen molar-refractivity contribution in [3.05, 3.63) is 55.1 Å². The molecule has 0 radical (unpaired) electrons. The van der Waals surface area contributed by atoms with Crippen LogP contribution in [-0.4, -0.2) is 0 Å². The molecule has 0 aliphatic heterocycles. The minimum absolute atomic E-state index is 0.219. The fourth-order valence-electron chi connectivity index (χ4n) is 1.45. The lowest BCUT2D eigenvalue weighted by molar-refractivity contribution is 1.20. The molecule has 0 spiro atoms. The molecule has 0 aliphatic rings. The molecule has 0 nitrogen and oxygen atoms in total. The van der Waals surface area contributed by atoms with Crippen molar-refractivity contribution in [3.8, 4) is 0 Å². The molecule has 2 aromatic rings. The van der Waals surface area contributed by atoms with Gasteiger partial charge in [0, 0.05) is 9.35 Å². The van der Waals surface area contributed by atoms with Crippen LogP contribution in [0.2, 0.25) is 4.34 Å². The van der Waals surface area contributed by atoms with Crippen molar-refractivity contribution in [2.75, 3.05) is 0 Å². The lowest BCUT2D eigenvalue weighted by Gasteiger charge is -2.09. The van der Waals surface area contributed by atoms with Crippen molar-refractivity contribution in [1.82, 2.24) is 0 Å². The molecule has 1 aromatic carbocycles. The Morgan fingerprint density at radius 1 is 1.25 bits per heavy atom. The molecule has 4 heteroatoms. The van der Waals surface area contributed by atoms with E-state index in [1.54, 1.807) is 11.3 Å². The number of alkyl halides is 1. The predicted molar refractivity (Wildman–Crippen MR) is 79.0 cm³/mol. The Morgan fingerprint density at radius 3 is 2.56 bits per heavy atom. The van der Waals surface area contributed by atoms with E-state index in [-0.39, 0.29) is 4.83 Å². The van der Waals surface area contributed by atoms with Crippen LogP contribution in [0.4, 0.5) is 0 Å². The smallest absolute Gasteiger partial charge is 0.0931 e. The monoisotopic (exact) mass is 378 g/mol. The Hall–Kier alpha value is 0.170. The fourth-order valence-corrected chi connectivity index (χ4v) is 3.49. The van der Waals surface area contributed by atoms with Crippen molar-refractivity contribution in [2.45, 2.75) is 11.8 Å². The van der Waals surface area contributed by atoms with Crippen molar-refractivity contribution >= 4 is 54.8 Å². The van der Waals surface area contributed by atoms with Gasteiger partial charge in [-0.1, -0.05) is 55.6 Å². The highest BCUT2D eigenvalue weighted by molar-refractivity contribution is 9.10. The van der Waals surface area contributed by atoms with Crippen molar-refractivity contribution in [3.63, 3.8) is 0 Å². The van der Waals surface area contributed by atoms with Crippen LogP contribution in [0.15, 0.2) is 34.8 Å². The van der Waals surface area contributed by atoms with Crippen LogP contribution in [-0.2, 0) is 0 Å². The third kappa shape index (κ3) is 2.70. The quantitative estimate of drug-likeness (QED) is 0.564. The first kappa shape index (κ1) is 12.6. The van der Waals surface area contributed by atoms with E-state index in [1.165, 1.54) is 16.0 Å². The van der Waals surface area contributed by atoms with E-state index in [0.29, 0.717) is 0 Å². The van der Waals surface area contributed by atoms with Gasteiger partial charge in [0.2, 0.25) is 0 Å². The first-order chi connectivity index (χ1) is 7.58. The average Bonchev–Trinajstić information content (AvgIpc) is 2.68. The summed E-state index contributed by atoms with van der Waals surface area (Å²) < 4.78 is 1.97. The second-order valence-electron chi connectivity index (χ2n) is 3.51. The molecule has 1 aromatic heterocycles. The molecule has 0 saturated heterocycles. The zero-order chi connectivity index (χ0) is 11.7. The van der Waals surface area contributed by atoms with Gasteiger partial charge < -0.3 is 0 Å². The van der Waals surface area contributed by atoms with Crippen LogP contribution in [0.25, 0.3) is 0 Å². The molecule has 16 heavy (non-hydrogen) atoms.